The summed E-state index contributed by atoms with van der Waals surface area (Å²) < 4.78 is 1.88. The molecule has 2 heterocycles. The van der Waals surface area contributed by atoms with Gasteiger partial charge in [0, 0.05) is 34.5 Å². The average Bonchev–Trinajstić information content (AvgIpc) is 2.98. The van der Waals surface area contributed by atoms with Crippen LogP contribution in [0.2, 0.25) is 5.02 Å². The van der Waals surface area contributed by atoms with Gasteiger partial charge in [0.15, 0.2) is 5.65 Å². The number of rotatable bonds is 4. The predicted molar refractivity (Wildman–Crippen MR) is 107 cm³/mol. The first-order valence-electron chi connectivity index (χ1n) is 8.52. The van der Waals surface area contributed by atoms with Crippen molar-refractivity contribution >= 4 is 23.1 Å². The van der Waals surface area contributed by atoms with Gasteiger partial charge in [-0.3, -0.25) is 0 Å². The van der Waals surface area contributed by atoms with Crippen LogP contribution in [0.3, 0.4) is 0 Å². The molecule has 0 unspecified atom stereocenters. The lowest BCUT2D eigenvalue weighted by Crippen LogP contribution is -2.06. The lowest BCUT2D eigenvalue weighted by Gasteiger charge is -2.09. The van der Waals surface area contributed by atoms with E-state index >= 15 is 0 Å². The van der Waals surface area contributed by atoms with E-state index in [-0.39, 0.29) is 0 Å². The van der Waals surface area contributed by atoms with Gasteiger partial charge in [0.25, 0.3) is 0 Å². The number of aromatic nitrogens is 3. The summed E-state index contributed by atoms with van der Waals surface area (Å²) in [5, 5.41) is 9.02. The van der Waals surface area contributed by atoms with Gasteiger partial charge < -0.3 is 5.32 Å². The molecule has 130 valence electrons. The zero-order valence-electron chi connectivity index (χ0n) is 14.7. The first-order chi connectivity index (χ1) is 12.6. The SMILES string of the molecule is Cc1cc(NCc2ccccc2)n2nc(-c3ccc(Cl)cc3)c(C)c2n1. The highest BCUT2D eigenvalue weighted by atomic mass is 35.5. The Balaban J connectivity index is 1.76. The number of nitrogens with one attached hydrogen (secondary N) is 1. The Morgan fingerprint density at radius 1 is 1.00 bits per heavy atom. The number of anilines is 1. The van der Waals surface area contributed by atoms with Gasteiger partial charge in [0.2, 0.25) is 0 Å². The van der Waals surface area contributed by atoms with Gasteiger partial charge in [-0.2, -0.15) is 9.61 Å². The van der Waals surface area contributed by atoms with Crippen LogP contribution in [0.1, 0.15) is 16.8 Å². The van der Waals surface area contributed by atoms with Crippen molar-refractivity contribution in [3.05, 3.63) is 82.5 Å². The molecular weight excluding hydrogens is 344 g/mol. The molecule has 2 aromatic carbocycles. The van der Waals surface area contributed by atoms with Crippen molar-refractivity contribution in [1.29, 1.82) is 0 Å². The summed E-state index contributed by atoms with van der Waals surface area (Å²) in [5.74, 6) is 0.930. The molecule has 2 aromatic heterocycles. The molecule has 0 atom stereocenters. The van der Waals surface area contributed by atoms with E-state index in [0.29, 0.717) is 5.02 Å². The first kappa shape index (κ1) is 16.6. The van der Waals surface area contributed by atoms with Crippen LogP contribution in [0, 0.1) is 13.8 Å². The largest absolute Gasteiger partial charge is 0.366 e. The molecule has 4 nitrogen and oxygen atoms in total. The molecule has 0 saturated carbocycles. The Morgan fingerprint density at radius 3 is 2.46 bits per heavy atom. The fourth-order valence-corrected chi connectivity index (χ4v) is 3.17. The number of benzene rings is 2. The Bertz CT molecular complexity index is 1050. The minimum Gasteiger partial charge on any atom is -0.366 e. The summed E-state index contributed by atoms with van der Waals surface area (Å²) >= 11 is 6.02. The van der Waals surface area contributed by atoms with Crippen LogP contribution >= 0.6 is 11.6 Å². The molecule has 0 saturated heterocycles. The van der Waals surface area contributed by atoms with Crippen molar-refractivity contribution in [2.24, 2.45) is 0 Å². The number of aryl methyl sites for hydroxylation is 2. The maximum absolute atomic E-state index is 6.02. The van der Waals surface area contributed by atoms with Crippen LogP contribution < -0.4 is 5.32 Å². The van der Waals surface area contributed by atoms with Crippen LogP contribution in [-0.4, -0.2) is 14.6 Å². The fourth-order valence-electron chi connectivity index (χ4n) is 3.04. The molecule has 26 heavy (non-hydrogen) atoms. The minimum absolute atomic E-state index is 0.717. The topological polar surface area (TPSA) is 42.2 Å². The number of nitrogens with zero attached hydrogens (tertiary/aromatic N) is 3. The van der Waals surface area contributed by atoms with Crippen LogP contribution in [0.25, 0.3) is 16.9 Å². The number of hydrogen-bond donors (Lipinski definition) is 1. The van der Waals surface area contributed by atoms with Gasteiger partial charge in [-0.15, -0.1) is 0 Å². The zero-order chi connectivity index (χ0) is 18.1. The highest BCUT2D eigenvalue weighted by Crippen LogP contribution is 2.28. The van der Waals surface area contributed by atoms with Crippen molar-refractivity contribution in [2.45, 2.75) is 20.4 Å². The lowest BCUT2D eigenvalue weighted by atomic mass is 10.1. The Hall–Kier alpha value is -2.85. The minimum atomic E-state index is 0.717. The van der Waals surface area contributed by atoms with Gasteiger partial charge in [0.1, 0.15) is 5.82 Å². The van der Waals surface area contributed by atoms with E-state index in [0.717, 1.165) is 40.5 Å². The Labute approximate surface area is 157 Å². The standard InChI is InChI=1S/C21H19ClN4/c1-14-12-19(23-13-16-6-4-3-5-7-16)26-21(24-14)15(2)20(25-26)17-8-10-18(22)11-9-17/h3-12,23H,13H2,1-2H3. The van der Waals surface area contributed by atoms with Crippen LogP contribution in [0.15, 0.2) is 60.7 Å². The van der Waals surface area contributed by atoms with E-state index in [9.17, 15) is 0 Å². The van der Waals surface area contributed by atoms with Gasteiger partial charge in [0.05, 0.1) is 5.69 Å². The van der Waals surface area contributed by atoms with Crippen molar-refractivity contribution in [1.82, 2.24) is 14.6 Å². The highest BCUT2D eigenvalue weighted by Gasteiger charge is 2.15. The van der Waals surface area contributed by atoms with E-state index in [1.807, 2.05) is 60.0 Å². The molecule has 0 radical (unpaired) electrons. The molecule has 1 N–H and O–H groups in total. The monoisotopic (exact) mass is 362 g/mol. The van der Waals surface area contributed by atoms with Crippen molar-refractivity contribution in [3.63, 3.8) is 0 Å². The molecule has 5 heteroatoms. The van der Waals surface area contributed by atoms with Crippen molar-refractivity contribution < 1.29 is 0 Å². The average molecular weight is 363 g/mol. The summed E-state index contributed by atoms with van der Waals surface area (Å²) in [6, 6.07) is 20.1. The van der Waals surface area contributed by atoms with Crippen LogP contribution in [0.4, 0.5) is 5.82 Å². The molecule has 0 spiro atoms. The summed E-state index contributed by atoms with van der Waals surface area (Å²) in [4.78, 5) is 4.69. The van der Waals surface area contributed by atoms with Crippen molar-refractivity contribution in [3.8, 4) is 11.3 Å². The maximum Gasteiger partial charge on any atom is 0.161 e. The predicted octanol–water partition coefficient (Wildman–Crippen LogP) is 5.28. The number of fused-ring (bicyclic) bond motifs is 1. The molecule has 0 amide bonds. The van der Waals surface area contributed by atoms with E-state index in [2.05, 4.69) is 29.4 Å². The third-order valence-electron chi connectivity index (χ3n) is 4.38. The Morgan fingerprint density at radius 2 is 1.73 bits per heavy atom. The first-order valence-corrected chi connectivity index (χ1v) is 8.90. The second-order valence-corrected chi connectivity index (χ2v) is 6.77. The van der Waals surface area contributed by atoms with Gasteiger partial charge in [-0.1, -0.05) is 54.1 Å². The zero-order valence-corrected chi connectivity index (χ0v) is 15.5. The second-order valence-electron chi connectivity index (χ2n) is 6.34. The molecule has 0 bridgehead atoms. The molecule has 0 aliphatic heterocycles. The van der Waals surface area contributed by atoms with Gasteiger partial charge in [-0.05, 0) is 31.5 Å². The summed E-state index contributed by atoms with van der Waals surface area (Å²) in [7, 11) is 0. The van der Waals surface area contributed by atoms with E-state index in [1.165, 1.54) is 5.56 Å². The number of halogens is 1. The van der Waals surface area contributed by atoms with Crippen molar-refractivity contribution in [2.75, 3.05) is 5.32 Å². The normalized spacial score (nSPS) is 11.0. The van der Waals surface area contributed by atoms with E-state index in [1.54, 1.807) is 0 Å². The van der Waals surface area contributed by atoms with Gasteiger partial charge in [-0.25, -0.2) is 4.98 Å². The van der Waals surface area contributed by atoms with Crippen LogP contribution in [-0.2, 0) is 6.54 Å². The molecule has 0 aliphatic rings. The summed E-state index contributed by atoms with van der Waals surface area (Å²) in [6.45, 7) is 4.79. The summed E-state index contributed by atoms with van der Waals surface area (Å²) in [5.41, 5.74) is 6.05. The molecule has 0 aliphatic carbocycles. The van der Waals surface area contributed by atoms with E-state index < -0.39 is 0 Å². The van der Waals surface area contributed by atoms with E-state index in [4.69, 9.17) is 16.7 Å². The number of hydrogen-bond acceptors (Lipinski definition) is 3. The third kappa shape index (κ3) is 3.16. The maximum atomic E-state index is 6.02. The lowest BCUT2D eigenvalue weighted by molar-refractivity contribution is 0.920. The molecule has 0 fully saturated rings. The molecular formula is C21H19ClN4. The fraction of sp³-hybridized carbons (Fsp3) is 0.143. The molecule has 4 aromatic rings. The molecule has 4 rings (SSSR count). The quantitative estimate of drug-likeness (QED) is 0.537. The van der Waals surface area contributed by atoms with Crippen LogP contribution in [0.5, 0.6) is 0 Å². The second kappa shape index (κ2) is 6.81. The smallest absolute Gasteiger partial charge is 0.161 e. The third-order valence-corrected chi connectivity index (χ3v) is 4.63. The summed E-state index contributed by atoms with van der Waals surface area (Å²) in [6.07, 6.45) is 0. The van der Waals surface area contributed by atoms with Gasteiger partial charge >= 0.3 is 0 Å². The highest BCUT2D eigenvalue weighted by molar-refractivity contribution is 6.30. The Kier molecular flexibility index (Phi) is 4.35.